The SMILES string of the molecule is [2H]c1cc(-c2cc(-c3cccc4c3C=C(c3cc(C)cc(C)c3O)C4c3ccc(C([2H])(C)C)cc3-c3ccccc3)cc(C(C)(C)C)c2)c([2H])c(-c2c([2H])c([2H])c(C([2H])([2H])[2H])c([2H])c2[2H])c1[2H]. The van der Waals surface area contributed by atoms with Gasteiger partial charge < -0.3 is 5.11 Å². The molecule has 1 N–H and O–H groups in total. The maximum Gasteiger partial charge on any atom is 0.126 e. The summed E-state index contributed by atoms with van der Waals surface area (Å²) in [6.07, 6.45) is 2.15. The fourth-order valence-electron chi connectivity index (χ4n) is 7.86. The number of allylic oxidation sites excluding steroid dienone is 1. The first-order valence-corrected chi connectivity index (χ1v) is 19.0. The number of aromatic hydroxyl groups is 1. The van der Waals surface area contributed by atoms with Crippen LogP contribution in [0.25, 0.3) is 56.2 Å². The van der Waals surface area contributed by atoms with Crippen molar-refractivity contribution < 1.29 is 20.2 Å². The second kappa shape index (κ2) is 14.6. The van der Waals surface area contributed by atoms with Gasteiger partial charge in [0.05, 0.1) is 9.60 Å². The largest absolute Gasteiger partial charge is 0.507 e. The van der Waals surface area contributed by atoms with Gasteiger partial charge in [-0.1, -0.05) is 167 Å². The van der Waals surface area contributed by atoms with Crippen molar-refractivity contribution in [3.05, 3.63) is 195 Å². The monoisotopic (exact) mass is 739 g/mol. The Labute approximate surface area is 349 Å². The zero-order valence-electron chi connectivity index (χ0n) is 43.9. The standard InChI is InChI=1S/C55H52O/c1-34(2)40-24-25-48(49(32-40)39-14-10-9-11-15-39)53-47-19-13-18-46(50(47)33-51(53)52-27-36(4)26-37(5)54(52)56)44-29-43(30-45(31-44)55(6,7)8)42-17-12-16-41(28-42)38-22-20-35(3)21-23-38/h9-34,53,56H,1-8H3/i3D3,12D,16D,20D,21D,22D,23D,28D,34D. The smallest absolute Gasteiger partial charge is 0.126 e. The van der Waals surface area contributed by atoms with E-state index in [0.717, 1.165) is 66.8 Å². The van der Waals surface area contributed by atoms with Crippen LogP contribution in [-0.4, -0.2) is 5.11 Å². The van der Waals surface area contributed by atoms with Crippen molar-refractivity contribution in [3.8, 4) is 50.3 Å². The summed E-state index contributed by atoms with van der Waals surface area (Å²) >= 11 is 0. The van der Waals surface area contributed by atoms with E-state index in [0.29, 0.717) is 11.1 Å². The van der Waals surface area contributed by atoms with Gasteiger partial charge in [0.2, 0.25) is 0 Å². The van der Waals surface area contributed by atoms with E-state index in [-0.39, 0.29) is 34.9 Å². The Bertz CT molecular complexity index is 3160. The molecule has 1 aliphatic rings. The van der Waals surface area contributed by atoms with Gasteiger partial charge in [-0.3, -0.25) is 0 Å². The second-order valence-corrected chi connectivity index (χ2v) is 16.1. The molecule has 8 rings (SSSR count). The Kier molecular flexibility index (Phi) is 6.80. The van der Waals surface area contributed by atoms with Crippen LogP contribution in [0.4, 0.5) is 0 Å². The van der Waals surface area contributed by atoms with Gasteiger partial charge in [-0.2, -0.15) is 0 Å². The third-order valence-corrected chi connectivity index (χ3v) is 10.8. The van der Waals surface area contributed by atoms with E-state index in [4.69, 9.17) is 13.7 Å². The maximum atomic E-state index is 11.8. The van der Waals surface area contributed by atoms with Crippen LogP contribution in [0.3, 0.4) is 0 Å². The molecule has 1 heteroatoms. The summed E-state index contributed by atoms with van der Waals surface area (Å²) in [5.74, 6) is -1.02. The van der Waals surface area contributed by atoms with Crippen molar-refractivity contribution in [1.82, 2.24) is 0 Å². The lowest BCUT2D eigenvalue weighted by Crippen LogP contribution is -2.11. The molecule has 7 aromatic carbocycles. The van der Waals surface area contributed by atoms with E-state index in [1.54, 1.807) is 0 Å². The molecular formula is C55H52O. The van der Waals surface area contributed by atoms with Crippen molar-refractivity contribution in [1.29, 1.82) is 0 Å². The summed E-state index contributed by atoms with van der Waals surface area (Å²) < 4.78 is 95.1. The van der Waals surface area contributed by atoms with Gasteiger partial charge in [-0.05, 0) is 145 Å². The van der Waals surface area contributed by atoms with Crippen LogP contribution in [0, 0.1) is 20.7 Å². The number of phenolic OH excluding ortho intramolecular Hbond substituents is 1. The number of fused-ring (bicyclic) bond motifs is 1. The summed E-state index contributed by atoms with van der Waals surface area (Å²) in [5.41, 5.74) is 10.6. The lowest BCUT2D eigenvalue weighted by atomic mass is 9.79. The van der Waals surface area contributed by atoms with Gasteiger partial charge in [0.25, 0.3) is 0 Å². The third-order valence-electron chi connectivity index (χ3n) is 10.8. The van der Waals surface area contributed by atoms with E-state index in [1.165, 1.54) is 6.07 Å². The second-order valence-electron chi connectivity index (χ2n) is 16.1. The number of benzene rings is 7. The normalized spacial score (nSPS) is 17.1. The molecule has 7 aromatic rings. The third kappa shape index (κ3) is 7.03. The minimum Gasteiger partial charge on any atom is -0.507 e. The average molecular weight is 740 g/mol. The number of aryl methyl sites for hydroxylation is 2. The Hall–Kier alpha value is -5.92. The highest BCUT2D eigenvalue weighted by Gasteiger charge is 2.33. The van der Waals surface area contributed by atoms with Crippen molar-refractivity contribution in [3.63, 3.8) is 0 Å². The molecule has 0 bridgehead atoms. The predicted molar refractivity (Wildman–Crippen MR) is 239 cm³/mol. The summed E-state index contributed by atoms with van der Waals surface area (Å²) in [7, 11) is 0. The lowest BCUT2D eigenvalue weighted by Gasteiger charge is -2.24. The molecule has 0 spiro atoms. The molecule has 56 heavy (non-hydrogen) atoms. The Morgan fingerprint density at radius 1 is 0.643 bits per heavy atom. The number of hydrogen-bond acceptors (Lipinski definition) is 1. The van der Waals surface area contributed by atoms with Gasteiger partial charge in [0, 0.05) is 17.0 Å². The van der Waals surface area contributed by atoms with E-state index in [2.05, 4.69) is 63.2 Å². The summed E-state index contributed by atoms with van der Waals surface area (Å²) in [4.78, 5) is 0. The molecule has 0 saturated heterocycles. The molecule has 278 valence electrons. The van der Waals surface area contributed by atoms with E-state index in [1.807, 2.05) is 88.4 Å². The van der Waals surface area contributed by atoms with E-state index < -0.39 is 59.5 Å². The highest BCUT2D eigenvalue weighted by Crippen LogP contribution is 2.53. The first-order valence-electron chi connectivity index (χ1n) is 24.5. The molecule has 0 fully saturated rings. The molecule has 1 atom stereocenters. The number of rotatable bonds is 7. The zero-order valence-corrected chi connectivity index (χ0v) is 32.9. The Morgan fingerprint density at radius 2 is 1.41 bits per heavy atom. The first-order chi connectivity index (χ1) is 31.3. The van der Waals surface area contributed by atoms with Gasteiger partial charge in [-0.15, -0.1) is 0 Å². The van der Waals surface area contributed by atoms with Crippen LogP contribution < -0.4 is 0 Å². The van der Waals surface area contributed by atoms with Crippen LogP contribution in [0.2, 0.25) is 0 Å². The Morgan fingerprint density at radius 3 is 2.14 bits per heavy atom. The van der Waals surface area contributed by atoms with Crippen molar-refractivity contribution in [2.75, 3.05) is 0 Å². The lowest BCUT2D eigenvalue weighted by molar-refractivity contribution is 0.469. The highest BCUT2D eigenvalue weighted by atomic mass is 16.3. The number of hydrogen-bond donors (Lipinski definition) is 1. The van der Waals surface area contributed by atoms with Gasteiger partial charge >= 0.3 is 0 Å². The fourth-order valence-corrected chi connectivity index (χ4v) is 7.86. The molecule has 1 nitrogen and oxygen atoms in total. The number of phenols is 1. The van der Waals surface area contributed by atoms with Gasteiger partial charge in [0.15, 0.2) is 0 Å². The summed E-state index contributed by atoms with van der Waals surface area (Å²) in [6.45, 7) is 10.9. The predicted octanol–water partition coefficient (Wildman–Crippen LogP) is 15.1. The van der Waals surface area contributed by atoms with Crippen molar-refractivity contribution in [2.24, 2.45) is 0 Å². The van der Waals surface area contributed by atoms with Crippen LogP contribution >= 0.6 is 0 Å². The minimum absolute atomic E-state index is 0.191. The molecule has 0 radical (unpaired) electrons. The van der Waals surface area contributed by atoms with Crippen LogP contribution in [0.5, 0.6) is 5.75 Å². The van der Waals surface area contributed by atoms with Crippen molar-refractivity contribution in [2.45, 2.75) is 72.5 Å². The first kappa shape index (κ1) is 26.0. The molecule has 0 aromatic heterocycles. The van der Waals surface area contributed by atoms with E-state index >= 15 is 0 Å². The average Bonchev–Trinajstić information content (AvgIpc) is 3.65. The maximum absolute atomic E-state index is 11.8. The van der Waals surface area contributed by atoms with Crippen LogP contribution in [-0.2, 0) is 5.41 Å². The highest BCUT2D eigenvalue weighted by molar-refractivity contribution is 6.00. The molecule has 1 unspecified atom stereocenters. The van der Waals surface area contributed by atoms with Gasteiger partial charge in [0.1, 0.15) is 5.75 Å². The Balaban J connectivity index is 1.40. The molecule has 0 heterocycles. The topological polar surface area (TPSA) is 20.2 Å². The molecular weight excluding hydrogens is 677 g/mol. The zero-order chi connectivity index (χ0) is 48.8. The molecule has 0 aliphatic heterocycles. The molecule has 1 aliphatic carbocycles. The van der Waals surface area contributed by atoms with Crippen molar-refractivity contribution >= 4 is 11.6 Å². The van der Waals surface area contributed by atoms with E-state index in [9.17, 15) is 6.48 Å². The summed E-state index contributed by atoms with van der Waals surface area (Å²) in [5, 5.41) is 11.8. The fraction of sp³-hybridized carbons (Fsp3) is 0.200. The quantitative estimate of drug-likeness (QED) is 0.173. The van der Waals surface area contributed by atoms with Crippen LogP contribution in [0.1, 0.15) is 112 Å². The molecule has 0 saturated carbocycles. The van der Waals surface area contributed by atoms with Gasteiger partial charge in [-0.25, -0.2) is 0 Å². The van der Waals surface area contributed by atoms with Crippen LogP contribution in [0.15, 0.2) is 145 Å². The minimum atomic E-state index is -2.95. The molecule has 0 amide bonds. The summed E-state index contributed by atoms with van der Waals surface area (Å²) in [6, 6.07) is 29.9.